The summed E-state index contributed by atoms with van der Waals surface area (Å²) in [6.45, 7) is 3.29. The first-order valence-corrected chi connectivity index (χ1v) is 9.06. The molecule has 122 valence electrons. The molecular formula is C16H21N5OS. The minimum atomic E-state index is -0.139. The molecule has 0 fully saturated rings. The number of carbonyl (C=O) groups is 1. The molecule has 0 unspecified atom stereocenters. The van der Waals surface area contributed by atoms with Crippen molar-refractivity contribution < 1.29 is 4.79 Å². The number of tetrazole rings is 1. The summed E-state index contributed by atoms with van der Waals surface area (Å²) in [7, 11) is 0. The van der Waals surface area contributed by atoms with Crippen LogP contribution < -0.4 is 5.32 Å². The molecule has 1 aliphatic heterocycles. The highest BCUT2D eigenvalue weighted by atomic mass is 32.2. The van der Waals surface area contributed by atoms with Crippen LogP contribution in [-0.4, -0.2) is 31.9 Å². The number of rotatable bonds is 6. The Bertz CT molecular complexity index is 672. The molecular weight excluding hydrogens is 310 g/mol. The minimum Gasteiger partial charge on any atom is -0.347 e. The largest absolute Gasteiger partial charge is 0.347 e. The number of unbranched alkanes of at least 4 members (excludes halogenated alkanes) is 1. The lowest BCUT2D eigenvalue weighted by molar-refractivity contribution is -0.120. The molecule has 1 atom stereocenters. The maximum absolute atomic E-state index is 12.6. The Balaban J connectivity index is 1.63. The van der Waals surface area contributed by atoms with Crippen LogP contribution in [0.4, 0.5) is 0 Å². The Labute approximate surface area is 140 Å². The van der Waals surface area contributed by atoms with Crippen LogP contribution in [-0.2, 0) is 24.3 Å². The van der Waals surface area contributed by atoms with Crippen LogP contribution in [0.2, 0.25) is 0 Å². The molecule has 1 aromatic heterocycles. The van der Waals surface area contributed by atoms with Crippen molar-refractivity contribution in [3.05, 3.63) is 41.2 Å². The van der Waals surface area contributed by atoms with Gasteiger partial charge in [0.25, 0.3) is 0 Å². The van der Waals surface area contributed by atoms with E-state index in [1.807, 2.05) is 12.1 Å². The van der Waals surface area contributed by atoms with Crippen molar-refractivity contribution in [1.29, 1.82) is 0 Å². The molecule has 1 N–H and O–H groups in total. The van der Waals surface area contributed by atoms with E-state index in [1.165, 1.54) is 5.56 Å². The van der Waals surface area contributed by atoms with Crippen molar-refractivity contribution in [1.82, 2.24) is 25.5 Å². The van der Waals surface area contributed by atoms with Gasteiger partial charge in [-0.25, -0.2) is 4.68 Å². The van der Waals surface area contributed by atoms with Crippen LogP contribution in [0.1, 0.15) is 42.0 Å². The molecule has 1 aliphatic rings. The topological polar surface area (TPSA) is 72.7 Å². The maximum atomic E-state index is 12.6. The van der Waals surface area contributed by atoms with Gasteiger partial charge in [0.1, 0.15) is 5.25 Å². The van der Waals surface area contributed by atoms with Crippen LogP contribution >= 0.6 is 11.8 Å². The van der Waals surface area contributed by atoms with Gasteiger partial charge in [0.2, 0.25) is 5.91 Å². The van der Waals surface area contributed by atoms with E-state index in [1.54, 1.807) is 16.4 Å². The number of hydrogen-bond acceptors (Lipinski definition) is 5. The zero-order valence-electron chi connectivity index (χ0n) is 13.2. The zero-order valence-corrected chi connectivity index (χ0v) is 14.1. The Morgan fingerprint density at radius 1 is 1.43 bits per heavy atom. The Morgan fingerprint density at radius 2 is 2.30 bits per heavy atom. The van der Waals surface area contributed by atoms with Crippen molar-refractivity contribution in [2.45, 2.75) is 44.5 Å². The monoisotopic (exact) mass is 331 g/mol. The quantitative estimate of drug-likeness (QED) is 0.878. The van der Waals surface area contributed by atoms with Crippen LogP contribution in [0.5, 0.6) is 0 Å². The van der Waals surface area contributed by atoms with E-state index in [2.05, 4.69) is 39.9 Å². The van der Waals surface area contributed by atoms with E-state index in [4.69, 9.17) is 0 Å². The number of aryl methyl sites for hydroxylation is 2. The number of amides is 1. The number of aromatic nitrogens is 4. The molecule has 2 heterocycles. The van der Waals surface area contributed by atoms with E-state index in [0.717, 1.165) is 37.1 Å². The summed E-state index contributed by atoms with van der Waals surface area (Å²) in [6, 6.07) is 8.19. The van der Waals surface area contributed by atoms with Crippen molar-refractivity contribution >= 4 is 17.7 Å². The van der Waals surface area contributed by atoms with Crippen molar-refractivity contribution in [2.24, 2.45) is 0 Å². The Hall–Kier alpha value is -1.89. The molecule has 0 bridgehead atoms. The second-order valence-corrected chi connectivity index (χ2v) is 6.80. The number of nitrogens with one attached hydrogen (secondary N) is 1. The second-order valence-electron chi connectivity index (χ2n) is 5.59. The van der Waals surface area contributed by atoms with Gasteiger partial charge in [-0.15, -0.1) is 16.9 Å². The Morgan fingerprint density at radius 3 is 3.17 bits per heavy atom. The van der Waals surface area contributed by atoms with E-state index >= 15 is 0 Å². The highest BCUT2D eigenvalue weighted by Crippen LogP contribution is 2.36. The summed E-state index contributed by atoms with van der Waals surface area (Å²) >= 11 is 1.70. The predicted octanol–water partition coefficient (Wildman–Crippen LogP) is 2.12. The fourth-order valence-electron chi connectivity index (χ4n) is 2.70. The predicted molar refractivity (Wildman–Crippen MR) is 89.9 cm³/mol. The minimum absolute atomic E-state index is 0.0344. The highest BCUT2D eigenvalue weighted by Gasteiger charge is 2.26. The molecule has 0 saturated heterocycles. The van der Waals surface area contributed by atoms with Gasteiger partial charge in [-0.3, -0.25) is 4.79 Å². The van der Waals surface area contributed by atoms with Gasteiger partial charge in [-0.1, -0.05) is 37.6 Å². The fourth-order valence-corrected chi connectivity index (χ4v) is 3.92. The summed E-state index contributed by atoms with van der Waals surface area (Å²) in [5, 5.41) is 14.5. The summed E-state index contributed by atoms with van der Waals surface area (Å²) in [5.41, 5.74) is 2.41. The van der Waals surface area contributed by atoms with Crippen LogP contribution in [0, 0.1) is 0 Å². The normalized spacial score (nSPS) is 16.8. The number of carbonyl (C=O) groups excluding carboxylic acids is 1. The summed E-state index contributed by atoms with van der Waals surface area (Å²) < 4.78 is 1.77. The van der Waals surface area contributed by atoms with Crippen LogP contribution in [0.15, 0.2) is 24.3 Å². The van der Waals surface area contributed by atoms with Gasteiger partial charge in [0.15, 0.2) is 5.82 Å². The average molecular weight is 331 g/mol. The molecule has 1 amide bonds. The number of nitrogens with zero attached hydrogens (tertiary/aromatic N) is 4. The molecule has 23 heavy (non-hydrogen) atoms. The van der Waals surface area contributed by atoms with Gasteiger partial charge in [0.05, 0.1) is 6.54 Å². The molecule has 0 radical (unpaired) electrons. The molecule has 7 heteroatoms. The number of fused-ring (bicyclic) bond motifs is 1. The lowest BCUT2D eigenvalue weighted by Crippen LogP contribution is -2.30. The third-order valence-electron chi connectivity index (χ3n) is 3.98. The molecule has 1 aromatic carbocycles. The molecule has 0 aliphatic carbocycles. The lowest BCUT2D eigenvalue weighted by atomic mass is 10.0. The summed E-state index contributed by atoms with van der Waals surface area (Å²) in [6.07, 6.45) is 3.14. The SMILES string of the molecule is CCCCn1nnnc1CNC(=O)[C@@H]1SCCc2ccccc21. The van der Waals surface area contributed by atoms with Gasteiger partial charge < -0.3 is 5.32 Å². The van der Waals surface area contributed by atoms with Gasteiger partial charge in [0, 0.05) is 6.54 Å². The third kappa shape index (κ3) is 3.72. The highest BCUT2D eigenvalue weighted by molar-refractivity contribution is 8.00. The fraction of sp³-hybridized carbons (Fsp3) is 0.500. The number of hydrogen-bond donors (Lipinski definition) is 1. The van der Waals surface area contributed by atoms with Crippen molar-refractivity contribution in [2.75, 3.05) is 5.75 Å². The molecule has 6 nitrogen and oxygen atoms in total. The van der Waals surface area contributed by atoms with E-state index in [-0.39, 0.29) is 11.2 Å². The van der Waals surface area contributed by atoms with E-state index in [9.17, 15) is 4.79 Å². The first-order valence-electron chi connectivity index (χ1n) is 8.01. The standard InChI is InChI=1S/C16H21N5OS/c1-2-3-9-21-14(18-19-20-21)11-17-16(22)15-13-7-5-4-6-12(13)8-10-23-15/h4-7,15H,2-3,8-11H2,1H3,(H,17,22)/t15-/m1/s1. The van der Waals surface area contributed by atoms with Gasteiger partial charge >= 0.3 is 0 Å². The van der Waals surface area contributed by atoms with Crippen molar-refractivity contribution in [3.8, 4) is 0 Å². The first-order chi connectivity index (χ1) is 11.3. The molecule has 0 saturated carbocycles. The van der Waals surface area contributed by atoms with E-state index < -0.39 is 0 Å². The zero-order chi connectivity index (χ0) is 16.1. The molecule has 3 rings (SSSR count). The Kier molecular flexibility index (Phi) is 5.27. The van der Waals surface area contributed by atoms with Gasteiger partial charge in [-0.2, -0.15) is 0 Å². The molecule has 2 aromatic rings. The van der Waals surface area contributed by atoms with Crippen LogP contribution in [0.25, 0.3) is 0 Å². The third-order valence-corrected chi connectivity index (χ3v) is 5.22. The smallest absolute Gasteiger partial charge is 0.238 e. The first kappa shape index (κ1) is 16.0. The number of thioether (sulfide) groups is 1. The van der Waals surface area contributed by atoms with Gasteiger partial charge in [-0.05, 0) is 40.1 Å². The lowest BCUT2D eigenvalue weighted by Gasteiger charge is -2.24. The summed E-state index contributed by atoms with van der Waals surface area (Å²) in [5.74, 6) is 1.72. The second kappa shape index (κ2) is 7.59. The summed E-state index contributed by atoms with van der Waals surface area (Å²) in [4.78, 5) is 12.6. The maximum Gasteiger partial charge on any atom is 0.238 e. The molecule has 0 spiro atoms. The number of benzene rings is 1. The van der Waals surface area contributed by atoms with Crippen molar-refractivity contribution in [3.63, 3.8) is 0 Å². The average Bonchev–Trinajstić information content (AvgIpc) is 3.04. The van der Waals surface area contributed by atoms with E-state index in [0.29, 0.717) is 12.4 Å². The van der Waals surface area contributed by atoms with Crippen LogP contribution in [0.3, 0.4) is 0 Å².